The van der Waals surface area contributed by atoms with E-state index in [4.69, 9.17) is 5.26 Å². The standard InChI is InChI=1S/C4H6N.2CH3.Bi/c1-4(2)3-5;;;/h1-2H3;2*1H3;. The Hall–Kier alpha value is 0.373. The van der Waals surface area contributed by atoms with E-state index in [1.165, 1.54) is 0 Å². The molecule has 0 bridgehead atoms. The molecule has 0 spiro atoms. The van der Waals surface area contributed by atoms with Crippen molar-refractivity contribution < 1.29 is 0 Å². The van der Waals surface area contributed by atoms with Crippen LogP contribution in [-0.4, -0.2) is 21.8 Å². The monoisotopic (exact) mass is 307 g/mol. The van der Waals surface area contributed by atoms with Crippen molar-refractivity contribution in [2.45, 2.75) is 26.2 Å². The molecule has 0 amide bonds. The van der Waals surface area contributed by atoms with Crippen molar-refractivity contribution in [1.82, 2.24) is 0 Å². The van der Waals surface area contributed by atoms with Crippen LogP contribution in [0, 0.1) is 11.3 Å². The number of hydrogen-bond acceptors (Lipinski definition) is 1. The van der Waals surface area contributed by atoms with Crippen LogP contribution in [0.2, 0.25) is 12.4 Å². The zero-order valence-electron chi connectivity index (χ0n) is 5.89. The molecular weight excluding hydrogens is 295 g/mol. The first-order valence-electron chi connectivity index (χ1n) is 2.59. The molecule has 0 heterocycles. The van der Waals surface area contributed by atoms with E-state index < -0.39 is 21.8 Å². The van der Waals surface area contributed by atoms with Gasteiger partial charge in [-0.05, 0) is 0 Å². The number of nitriles is 1. The van der Waals surface area contributed by atoms with Gasteiger partial charge in [-0.15, -0.1) is 0 Å². The van der Waals surface area contributed by atoms with Crippen LogP contribution >= 0.6 is 0 Å². The molecule has 0 aliphatic heterocycles. The molecule has 0 rings (SSSR count). The molecule has 0 radical (unpaired) electrons. The first kappa shape index (κ1) is 8.37. The SMILES string of the molecule is [CH3][Bi]([CH3])[C](C)(C)C#N. The molecule has 8 heavy (non-hydrogen) atoms. The van der Waals surface area contributed by atoms with E-state index in [1.807, 2.05) is 13.8 Å². The van der Waals surface area contributed by atoms with Gasteiger partial charge in [0.05, 0.1) is 0 Å². The summed E-state index contributed by atoms with van der Waals surface area (Å²) in [5, 5.41) is 8.57. The molecule has 46 valence electrons. The molecule has 2 heteroatoms. The maximum absolute atomic E-state index is 8.57. The van der Waals surface area contributed by atoms with Gasteiger partial charge in [-0.2, -0.15) is 0 Å². The minimum atomic E-state index is -1.30. The summed E-state index contributed by atoms with van der Waals surface area (Å²) in [6.45, 7) is 4.09. The molecule has 0 saturated heterocycles. The van der Waals surface area contributed by atoms with Crippen LogP contribution in [0.15, 0.2) is 0 Å². The van der Waals surface area contributed by atoms with Crippen LogP contribution in [0.4, 0.5) is 0 Å². The summed E-state index contributed by atoms with van der Waals surface area (Å²) in [6, 6.07) is 2.33. The van der Waals surface area contributed by atoms with Gasteiger partial charge in [0.25, 0.3) is 0 Å². The molecule has 0 aliphatic carbocycles. The Labute approximate surface area is 59.4 Å². The van der Waals surface area contributed by atoms with Crippen LogP contribution in [0.25, 0.3) is 0 Å². The summed E-state index contributed by atoms with van der Waals surface area (Å²) in [5.74, 6) is 0. The van der Waals surface area contributed by atoms with Crippen LogP contribution in [0.3, 0.4) is 0 Å². The van der Waals surface area contributed by atoms with E-state index in [2.05, 4.69) is 15.3 Å². The molecule has 0 unspecified atom stereocenters. The van der Waals surface area contributed by atoms with Crippen LogP contribution in [-0.2, 0) is 0 Å². The maximum atomic E-state index is 8.57. The van der Waals surface area contributed by atoms with Gasteiger partial charge in [0, 0.05) is 0 Å². The van der Waals surface area contributed by atoms with Gasteiger partial charge in [-0.1, -0.05) is 0 Å². The molecular formula is C6H12BiN. The Balaban J connectivity index is 3.97. The normalized spacial score (nSPS) is 11.5. The molecule has 0 saturated carbocycles. The van der Waals surface area contributed by atoms with Gasteiger partial charge in [-0.3, -0.25) is 0 Å². The zero-order chi connectivity index (χ0) is 6.78. The number of rotatable bonds is 1. The first-order chi connectivity index (χ1) is 3.50. The predicted molar refractivity (Wildman–Crippen MR) is 37.1 cm³/mol. The van der Waals surface area contributed by atoms with E-state index in [-0.39, 0.29) is 3.12 Å². The van der Waals surface area contributed by atoms with E-state index in [1.54, 1.807) is 0 Å². The fourth-order valence-electron chi connectivity index (χ4n) is 0.100. The molecule has 0 aromatic rings. The van der Waals surface area contributed by atoms with E-state index in [0.717, 1.165) is 0 Å². The molecule has 0 atom stereocenters. The van der Waals surface area contributed by atoms with Gasteiger partial charge >= 0.3 is 59.3 Å². The van der Waals surface area contributed by atoms with Crippen molar-refractivity contribution in [3.63, 3.8) is 0 Å². The first-order valence-corrected chi connectivity index (χ1v) is 11.3. The van der Waals surface area contributed by atoms with Crippen molar-refractivity contribution in [3.8, 4) is 6.07 Å². The van der Waals surface area contributed by atoms with Gasteiger partial charge in [0.2, 0.25) is 0 Å². The average Bonchev–Trinajstić information content (AvgIpc) is 1.67. The summed E-state index contributed by atoms with van der Waals surface area (Å²) in [4.78, 5) is 0. The van der Waals surface area contributed by atoms with Gasteiger partial charge < -0.3 is 0 Å². The summed E-state index contributed by atoms with van der Waals surface area (Å²) in [5.41, 5.74) is 0. The summed E-state index contributed by atoms with van der Waals surface area (Å²) in [7, 11) is 0. The number of nitrogens with zero attached hydrogens (tertiary/aromatic N) is 1. The van der Waals surface area contributed by atoms with E-state index >= 15 is 0 Å². The number of hydrogen-bond donors (Lipinski definition) is 0. The second-order valence-electron chi connectivity index (χ2n) is 2.57. The van der Waals surface area contributed by atoms with Crippen molar-refractivity contribution in [2.75, 3.05) is 0 Å². The fourth-order valence-corrected chi connectivity index (χ4v) is 0.877. The third-order valence-electron chi connectivity index (χ3n) is 1.39. The van der Waals surface area contributed by atoms with Crippen LogP contribution in [0.5, 0.6) is 0 Å². The fraction of sp³-hybridized carbons (Fsp3) is 0.833. The Kier molecular flexibility index (Phi) is 2.91. The second kappa shape index (κ2) is 2.78. The Morgan fingerprint density at radius 2 is 1.75 bits per heavy atom. The van der Waals surface area contributed by atoms with Crippen LogP contribution < -0.4 is 0 Å². The molecule has 1 nitrogen and oxygen atoms in total. The van der Waals surface area contributed by atoms with Crippen molar-refractivity contribution in [2.24, 2.45) is 0 Å². The third-order valence-corrected chi connectivity index (χ3v) is 10.5. The van der Waals surface area contributed by atoms with Crippen molar-refractivity contribution in [3.05, 3.63) is 0 Å². The summed E-state index contributed by atoms with van der Waals surface area (Å²) >= 11 is -1.30. The van der Waals surface area contributed by atoms with Crippen molar-refractivity contribution in [1.29, 1.82) is 5.26 Å². The predicted octanol–water partition coefficient (Wildman–Crippen LogP) is 2.04. The van der Waals surface area contributed by atoms with Gasteiger partial charge in [0.1, 0.15) is 0 Å². The topological polar surface area (TPSA) is 23.8 Å². The van der Waals surface area contributed by atoms with E-state index in [0.29, 0.717) is 0 Å². The Bertz CT molecular complexity index is 110. The van der Waals surface area contributed by atoms with Gasteiger partial charge in [-0.25, -0.2) is 0 Å². The molecule has 0 N–H and O–H groups in total. The Morgan fingerprint density at radius 3 is 1.75 bits per heavy atom. The van der Waals surface area contributed by atoms with Gasteiger partial charge in [0.15, 0.2) is 0 Å². The van der Waals surface area contributed by atoms with E-state index in [9.17, 15) is 0 Å². The van der Waals surface area contributed by atoms with Crippen molar-refractivity contribution >= 4 is 21.8 Å². The summed E-state index contributed by atoms with van der Waals surface area (Å²) < 4.78 is 4.58. The minimum absolute atomic E-state index is 0.0509. The molecule has 0 aromatic carbocycles. The molecule has 0 fully saturated rings. The zero-order valence-corrected chi connectivity index (χ0v) is 9.37. The third kappa shape index (κ3) is 2.09. The molecule has 0 aromatic heterocycles. The summed E-state index contributed by atoms with van der Waals surface area (Å²) in [6.07, 6.45) is 0. The Morgan fingerprint density at radius 1 is 1.38 bits per heavy atom. The quantitative estimate of drug-likeness (QED) is 0.680. The second-order valence-corrected chi connectivity index (χ2v) is 13.9. The average molecular weight is 307 g/mol. The molecule has 0 aliphatic rings. The van der Waals surface area contributed by atoms with Crippen LogP contribution in [0.1, 0.15) is 13.8 Å².